The van der Waals surface area contributed by atoms with Gasteiger partial charge in [-0.15, -0.1) is 11.8 Å². The molecule has 4 heteroatoms. The van der Waals surface area contributed by atoms with Gasteiger partial charge in [-0.1, -0.05) is 19.1 Å². The van der Waals surface area contributed by atoms with Crippen molar-refractivity contribution in [2.45, 2.75) is 30.4 Å². The van der Waals surface area contributed by atoms with Crippen molar-refractivity contribution < 1.29 is 10.2 Å². The van der Waals surface area contributed by atoms with Crippen LogP contribution < -0.4 is 5.32 Å². The zero-order valence-electron chi connectivity index (χ0n) is 10.4. The van der Waals surface area contributed by atoms with Crippen molar-refractivity contribution in [1.82, 2.24) is 5.32 Å². The molecule has 1 aromatic rings. The lowest BCUT2D eigenvalue weighted by Gasteiger charge is -2.18. The van der Waals surface area contributed by atoms with Crippen LogP contribution in [-0.2, 0) is 0 Å². The molecular weight excluding hydrogens is 234 g/mol. The third kappa shape index (κ3) is 4.68. The third-order valence-corrected chi connectivity index (χ3v) is 3.44. The van der Waals surface area contributed by atoms with Crippen molar-refractivity contribution >= 4 is 11.8 Å². The van der Waals surface area contributed by atoms with E-state index in [4.69, 9.17) is 0 Å². The maximum atomic E-state index is 10.0. The molecule has 96 valence electrons. The molecule has 0 aromatic heterocycles. The molecule has 1 aromatic carbocycles. The molecule has 0 fully saturated rings. The van der Waals surface area contributed by atoms with Crippen molar-refractivity contribution in [3.8, 4) is 0 Å². The number of rotatable bonds is 7. The van der Waals surface area contributed by atoms with Crippen LogP contribution >= 0.6 is 11.8 Å². The van der Waals surface area contributed by atoms with Crippen LogP contribution in [0, 0.1) is 0 Å². The lowest BCUT2D eigenvalue weighted by Crippen LogP contribution is -2.23. The van der Waals surface area contributed by atoms with E-state index in [2.05, 4.69) is 12.2 Å². The number of thioether (sulfide) groups is 1. The average Bonchev–Trinajstić information content (AvgIpc) is 2.35. The van der Waals surface area contributed by atoms with Crippen LogP contribution in [0.3, 0.4) is 0 Å². The maximum absolute atomic E-state index is 10.0. The highest BCUT2D eigenvalue weighted by atomic mass is 32.2. The first-order valence-corrected chi connectivity index (χ1v) is 6.91. The summed E-state index contributed by atoms with van der Waals surface area (Å²) in [5, 5.41) is 22.8. The Kier molecular flexibility index (Phi) is 6.58. The standard InChI is InChI=1S/C13H21NO2S/c1-3-17-11-6-4-5-10(9-11)13(16)12(15)7-8-14-2/h4-6,9,12-16H,3,7-8H2,1-2H3. The van der Waals surface area contributed by atoms with Gasteiger partial charge in [0.25, 0.3) is 0 Å². The Balaban J connectivity index is 2.66. The first-order valence-electron chi connectivity index (χ1n) is 5.92. The van der Waals surface area contributed by atoms with Crippen LogP contribution in [0.2, 0.25) is 0 Å². The number of hydrogen-bond acceptors (Lipinski definition) is 4. The van der Waals surface area contributed by atoms with E-state index in [1.54, 1.807) is 11.8 Å². The molecule has 0 aliphatic carbocycles. The topological polar surface area (TPSA) is 52.5 Å². The number of nitrogens with one attached hydrogen (secondary N) is 1. The van der Waals surface area contributed by atoms with Crippen molar-refractivity contribution in [2.24, 2.45) is 0 Å². The van der Waals surface area contributed by atoms with E-state index in [0.29, 0.717) is 13.0 Å². The normalized spacial score (nSPS) is 14.6. The van der Waals surface area contributed by atoms with Gasteiger partial charge in [-0.25, -0.2) is 0 Å². The number of aliphatic hydroxyl groups is 2. The molecule has 0 radical (unpaired) electrons. The molecule has 0 bridgehead atoms. The number of benzene rings is 1. The van der Waals surface area contributed by atoms with Gasteiger partial charge >= 0.3 is 0 Å². The largest absolute Gasteiger partial charge is 0.390 e. The Morgan fingerprint density at radius 3 is 2.76 bits per heavy atom. The molecule has 0 saturated carbocycles. The van der Waals surface area contributed by atoms with Gasteiger partial charge < -0.3 is 15.5 Å². The van der Waals surface area contributed by atoms with E-state index in [1.807, 2.05) is 31.3 Å². The predicted octanol–water partition coefficient (Wildman–Crippen LogP) is 1.80. The highest BCUT2D eigenvalue weighted by Gasteiger charge is 2.17. The fourth-order valence-electron chi connectivity index (χ4n) is 1.63. The van der Waals surface area contributed by atoms with Crippen molar-refractivity contribution in [1.29, 1.82) is 0 Å². The molecule has 0 aliphatic rings. The summed E-state index contributed by atoms with van der Waals surface area (Å²) < 4.78 is 0. The molecule has 2 atom stereocenters. The monoisotopic (exact) mass is 255 g/mol. The Morgan fingerprint density at radius 2 is 2.12 bits per heavy atom. The number of hydrogen-bond donors (Lipinski definition) is 3. The smallest absolute Gasteiger partial charge is 0.105 e. The lowest BCUT2D eigenvalue weighted by atomic mass is 10.0. The van der Waals surface area contributed by atoms with Crippen LogP contribution in [0.1, 0.15) is 25.0 Å². The third-order valence-electron chi connectivity index (χ3n) is 2.57. The van der Waals surface area contributed by atoms with E-state index in [0.717, 1.165) is 16.2 Å². The Bertz CT molecular complexity index is 333. The van der Waals surface area contributed by atoms with Crippen molar-refractivity contribution in [3.05, 3.63) is 29.8 Å². The molecule has 0 heterocycles. The summed E-state index contributed by atoms with van der Waals surface area (Å²) >= 11 is 1.73. The molecule has 0 aliphatic heterocycles. The molecule has 0 saturated heterocycles. The summed E-state index contributed by atoms with van der Waals surface area (Å²) in [7, 11) is 1.83. The van der Waals surface area contributed by atoms with Gasteiger partial charge in [-0.05, 0) is 43.5 Å². The zero-order chi connectivity index (χ0) is 12.7. The quantitative estimate of drug-likeness (QED) is 0.650. The van der Waals surface area contributed by atoms with Gasteiger partial charge in [0.2, 0.25) is 0 Å². The van der Waals surface area contributed by atoms with Crippen LogP contribution in [0.25, 0.3) is 0 Å². The minimum absolute atomic E-state index is 0.544. The summed E-state index contributed by atoms with van der Waals surface area (Å²) in [4.78, 5) is 1.13. The van der Waals surface area contributed by atoms with Crippen molar-refractivity contribution in [2.75, 3.05) is 19.3 Å². The van der Waals surface area contributed by atoms with Gasteiger partial charge in [-0.2, -0.15) is 0 Å². The van der Waals surface area contributed by atoms with Crippen LogP contribution in [0.15, 0.2) is 29.2 Å². The summed E-state index contributed by atoms with van der Waals surface area (Å²) in [6, 6.07) is 7.74. The van der Waals surface area contributed by atoms with Gasteiger partial charge in [0.15, 0.2) is 0 Å². The fourth-order valence-corrected chi connectivity index (χ4v) is 2.35. The second-order valence-electron chi connectivity index (χ2n) is 3.91. The molecular formula is C13H21NO2S. The van der Waals surface area contributed by atoms with E-state index < -0.39 is 12.2 Å². The molecule has 1 rings (SSSR count). The highest BCUT2D eigenvalue weighted by molar-refractivity contribution is 7.99. The van der Waals surface area contributed by atoms with Gasteiger partial charge in [0.1, 0.15) is 6.10 Å². The minimum atomic E-state index is -0.805. The number of aliphatic hydroxyl groups excluding tert-OH is 2. The molecule has 17 heavy (non-hydrogen) atoms. The Labute approximate surface area is 107 Å². The second-order valence-corrected chi connectivity index (χ2v) is 5.25. The summed E-state index contributed by atoms with van der Waals surface area (Å²) in [6.07, 6.45) is -0.979. The molecule has 0 spiro atoms. The van der Waals surface area contributed by atoms with Crippen LogP contribution in [-0.4, -0.2) is 35.7 Å². The van der Waals surface area contributed by atoms with Crippen LogP contribution in [0.4, 0.5) is 0 Å². The maximum Gasteiger partial charge on any atom is 0.105 e. The first-order chi connectivity index (χ1) is 8.19. The Hall–Kier alpha value is -0.550. The molecule has 0 amide bonds. The summed E-state index contributed by atoms with van der Waals surface area (Å²) in [6.45, 7) is 2.79. The highest BCUT2D eigenvalue weighted by Crippen LogP contribution is 2.24. The van der Waals surface area contributed by atoms with E-state index in [1.165, 1.54) is 0 Å². The van der Waals surface area contributed by atoms with Gasteiger partial charge in [0, 0.05) is 4.90 Å². The SMILES string of the molecule is CCSc1cccc(C(O)C(O)CCNC)c1. The van der Waals surface area contributed by atoms with E-state index >= 15 is 0 Å². The van der Waals surface area contributed by atoms with E-state index in [-0.39, 0.29) is 0 Å². The molecule has 2 unspecified atom stereocenters. The summed E-state index contributed by atoms with van der Waals surface area (Å²) in [5.41, 5.74) is 0.784. The second kappa shape index (κ2) is 7.71. The first kappa shape index (κ1) is 14.5. The predicted molar refractivity (Wildman–Crippen MR) is 72.4 cm³/mol. The van der Waals surface area contributed by atoms with Gasteiger partial charge in [0.05, 0.1) is 6.10 Å². The lowest BCUT2D eigenvalue weighted by molar-refractivity contribution is 0.0139. The summed E-state index contributed by atoms with van der Waals surface area (Å²) in [5.74, 6) is 1.00. The Morgan fingerprint density at radius 1 is 1.35 bits per heavy atom. The zero-order valence-corrected chi connectivity index (χ0v) is 11.2. The average molecular weight is 255 g/mol. The van der Waals surface area contributed by atoms with Crippen LogP contribution in [0.5, 0.6) is 0 Å². The minimum Gasteiger partial charge on any atom is -0.390 e. The molecule has 3 N–H and O–H groups in total. The van der Waals surface area contributed by atoms with E-state index in [9.17, 15) is 10.2 Å². The van der Waals surface area contributed by atoms with Crippen molar-refractivity contribution in [3.63, 3.8) is 0 Å². The van der Waals surface area contributed by atoms with Gasteiger partial charge in [-0.3, -0.25) is 0 Å². The molecule has 3 nitrogen and oxygen atoms in total. The fraction of sp³-hybridized carbons (Fsp3) is 0.538.